The van der Waals surface area contributed by atoms with Gasteiger partial charge in [-0.3, -0.25) is 9.36 Å². The number of halogens is 5. The van der Waals surface area contributed by atoms with Gasteiger partial charge in [0.1, 0.15) is 0 Å². The van der Waals surface area contributed by atoms with E-state index in [9.17, 15) is 22.8 Å². The Balaban J connectivity index is 2.07. The molecule has 2 aromatic carbocycles. The van der Waals surface area contributed by atoms with Crippen molar-refractivity contribution in [3.63, 3.8) is 0 Å². The van der Waals surface area contributed by atoms with Crippen molar-refractivity contribution >= 4 is 57.6 Å². The van der Waals surface area contributed by atoms with Crippen molar-refractivity contribution < 1.29 is 32.2 Å². The fourth-order valence-electron chi connectivity index (χ4n) is 4.01. The van der Waals surface area contributed by atoms with Crippen LogP contribution in [0.2, 0.25) is 5.02 Å². The second-order valence-electron chi connectivity index (χ2n) is 7.85. The molecule has 1 aliphatic heterocycles. The topological polar surface area (TPSA) is 79.1 Å². The molecule has 0 bridgehead atoms. The fourth-order valence-corrected chi connectivity index (χ4v) is 5.74. The van der Waals surface area contributed by atoms with Crippen LogP contribution in [0.25, 0.3) is 6.08 Å². The summed E-state index contributed by atoms with van der Waals surface area (Å²) >= 11 is 8.83. The number of fused-ring (bicyclic) bond motifs is 1. The van der Waals surface area contributed by atoms with Crippen LogP contribution < -0.4 is 24.4 Å². The van der Waals surface area contributed by atoms with Gasteiger partial charge < -0.3 is 14.2 Å². The molecule has 0 spiro atoms. The maximum Gasteiger partial charge on any atom is 0.434 e. The van der Waals surface area contributed by atoms with E-state index in [2.05, 4.69) is 27.6 Å². The van der Waals surface area contributed by atoms with Gasteiger partial charge in [0.2, 0.25) is 0 Å². The molecule has 2 heterocycles. The van der Waals surface area contributed by atoms with Gasteiger partial charge in [-0.25, -0.2) is 9.79 Å². The first-order valence-electron chi connectivity index (χ1n) is 11.0. The molecule has 0 amide bonds. The van der Waals surface area contributed by atoms with Gasteiger partial charge in [-0.05, 0) is 65.4 Å². The first kappa shape index (κ1) is 28.2. The lowest BCUT2D eigenvalue weighted by molar-refractivity contribution is -0.140. The number of ether oxygens (including phenoxy) is 3. The molecule has 0 N–H and O–H groups in total. The Hall–Kier alpha value is -2.84. The highest BCUT2D eigenvalue weighted by atomic mass is 127. The van der Waals surface area contributed by atoms with Crippen molar-refractivity contribution in [2.75, 3.05) is 20.8 Å². The van der Waals surface area contributed by atoms with E-state index < -0.39 is 35.0 Å². The highest BCUT2D eigenvalue weighted by molar-refractivity contribution is 14.1. The normalized spacial score (nSPS) is 15.7. The molecule has 0 radical (unpaired) electrons. The van der Waals surface area contributed by atoms with Gasteiger partial charge in [-0.2, -0.15) is 13.2 Å². The molecule has 0 unspecified atom stereocenters. The van der Waals surface area contributed by atoms with Crippen molar-refractivity contribution in [1.29, 1.82) is 0 Å². The average molecular weight is 679 g/mol. The second kappa shape index (κ2) is 11.1. The smallest absolute Gasteiger partial charge is 0.434 e. The minimum absolute atomic E-state index is 0.0803. The standard InChI is InChI=1S/C25H19ClF3IN2O5S/c1-4-37-23(34)18-19(12-5-7-14(26)8-6-12)32-22(33)17(38-24(32)31-21(18)25(27,28)29)10-13-9-15(30)11-16(35-2)20(13)36-3/h5-11,19H,4H2,1-3H3/b17-10-/t19-/m1/s1. The lowest BCUT2D eigenvalue weighted by Gasteiger charge is -2.26. The van der Waals surface area contributed by atoms with Gasteiger partial charge in [0, 0.05) is 14.2 Å². The Morgan fingerprint density at radius 3 is 2.47 bits per heavy atom. The minimum Gasteiger partial charge on any atom is -0.493 e. The summed E-state index contributed by atoms with van der Waals surface area (Å²) in [4.78, 5) is 30.1. The molecule has 38 heavy (non-hydrogen) atoms. The molecule has 7 nitrogen and oxygen atoms in total. The number of rotatable bonds is 6. The van der Waals surface area contributed by atoms with E-state index in [1.165, 1.54) is 51.5 Å². The molecule has 1 atom stereocenters. The van der Waals surface area contributed by atoms with Crippen LogP contribution in [0.4, 0.5) is 13.2 Å². The Morgan fingerprint density at radius 2 is 1.89 bits per heavy atom. The van der Waals surface area contributed by atoms with E-state index in [0.717, 1.165) is 19.5 Å². The quantitative estimate of drug-likeness (QED) is 0.281. The maximum absolute atomic E-state index is 14.2. The van der Waals surface area contributed by atoms with Crippen molar-refractivity contribution in [3.8, 4) is 11.5 Å². The zero-order valence-electron chi connectivity index (χ0n) is 20.1. The molecule has 1 aliphatic rings. The zero-order valence-corrected chi connectivity index (χ0v) is 23.8. The van der Waals surface area contributed by atoms with Crippen LogP contribution in [0.5, 0.6) is 11.5 Å². The molecule has 4 rings (SSSR count). The number of carbonyl (C=O) groups is 1. The summed E-state index contributed by atoms with van der Waals surface area (Å²) in [6.45, 7) is 1.31. The van der Waals surface area contributed by atoms with Gasteiger partial charge in [-0.15, -0.1) is 0 Å². The third-order valence-electron chi connectivity index (χ3n) is 5.54. The van der Waals surface area contributed by atoms with Gasteiger partial charge in [0.15, 0.2) is 22.0 Å². The number of allylic oxidation sites excluding steroid dienone is 1. The summed E-state index contributed by atoms with van der Waals surface area (Å²) in [5.74, 6) is -0.459. The van der Waals surface area contributed by atoms with Gasteiger partial charge >= 0.3 is 12.1 Å². The molecule has 200 valence electrons. The number of methoxy groups -OCH3 is 2. The molecular weight excluding hydrogens is 660 g/mol. The van der Waals surface area contributed by atoms with E-state index in [0.29, 0.717) is 22.1 Å². The summed E-state index contributed by atoms with van der Waals surface area (Å²) in [5.41, 5.74) is -2.14. The van der Waals surface area contributed by atoms with Crippen LogP contribution in [0.3, 0.4) is 0 Å². The molecule has 0 fully saturated rings. The Morgan fingerprint density at radius 1 is 1.21 bits per heavy atom. The van der Waals surface area contributed by atoms with Crippen molar-refractivity contribution in [3.05, 3.63) is 87.1 Å². The maximum atomic E-state index is 14.2. The van der Waals surface area contributed by atoms with E-state index in [4.69, 9.17) is 25.8 Å². The number of esters is 1. The molecule has 13 heteroatoms. The van der Waals surface area contributed by atoms with Gasteiger partial charge in [0.25, 0.3) is 5.56 Å². The van der Waals surface area contributed by atoms with Crippen molar-refractivity contribution in [2.24, 2.45) is 4.99 Å². The van der Waals surface area contributed by atoms with E-state index in [-0.39, 0.29) is 21.5 Å². The highest BCUT2D eigenvalue weighted by Crippen LogP contribution is 2.39. The van der Waals surface area contributed by atoms with E-state index in [1.807, 2.05) is 0 Å². The Kier molecular flexibility index (Phi) is 8.23. The van der Waals surface area contributed by atoms with Crippen LogP contribution in [0.1, 0.15) is 24.1 Å². The molecule has 0 saturated heterocycles. The third-order valence-corrected chi connectivity index (χ3v) is 7.40. The first-order chi connectivity index (χ1) is 18.0. The lowest BCUT2D eigenvalue weighted by Crippen LogP contribution is -2.41. The molecule has 0 saturated carbocycles. The fraction of sp³-hybridized carbons (Fsp3) is 0.240. The number of benzene rings is 2. The molecule has 3 aromatic rings. The van der Waals surface area contributed by atoms with Crippen LogP contribution >= 0.6 is 45.5 Å². The Labute approximate surface area is 237 Å². The summed E-state index contributed by atoms with van der Waals surface area (Å²) in [5, 5.41) is 0.332. The predicted molar refractivity (Wildman–Crippen MR) is 144 cm³/mol. The van der Waals surface area contributed by atoms with Crippen LogP contribution in [-0.4, -0.2) is 37.5 Å². The summed E-state index contributed by atoms with van der Waals surface area (Å²) in [6.07, 6.45) is -3.50. The number of hydrogen-bond donors (Lipinski definition) is 0. The number of hydrogen-bond acceptors (Lipinski definition) is 7. The summed E-state index contributed by atoms with van der Waals surface area (Å²) < 4.78 is 60.4. The SMILES string of the molecule is CCOC(=O)C1=C(C(F)(F)F)N=c2s/c(=C\c3cc(I)cc(OC)c3OC)c(=O)n2[C@@H]1c1ccc(Cl)cc1. The molecule has 1 aromatic heterocycles. The van der Waals surface area contributed by atoms with Crippen molar-refractivity contribution in [2.45, 2.75) is 19.1 Å². The van der Waals surface area contributed by atoms with Crippen LogP contribution in [0, 0.1) is 3.57 Å². The van der Waals surface area contributed by atoms with Crippen molar-refractivity contribution in [1.82, 2.24) is 4.57 Å². The largest absolute Gasteiger partial charge is 0.493 e. The van der Waals surface area contributed by atoms with E-state index >= 15 is 0 Å². The van der Waals surface area contributed by atoms with Gasteiger partial charge in [0.05, 0.1) is 37.0 Å². The average Bonchev–Trinajstić information content (AvgIpc) is 3.17. The number of thiazole rings is 1. The molecule has 0 aliphatic carbocycles. The van der Waals surface area contributed by atoms with Gasteiger partial charge in [-0.1, -0.05) is 35.1 Å². The van der Waals surface area contributed by atoms with E-state index in [1.54, 1.807) is 12.1 Å². The summed E-state index contributed by atoms with van der Waals surface area (Å²) in [7, 11) is 2.90. The minimum atomic E-state index is -4.99. The number of nitrogens with zero attached hydrogens (tertiary/aromatic N) is 2. The highest BCUT2D eigenvalue weighted by Gasteiger charge is 2.45. The number of alkyl halides is 3. The lowest BCUT2D eigenvalue weighted by atomic mass is 9.95. The zero-order chi connectivity index (χ0) is 27.8. The number of carbonyl (C=O) groups excluding carboxylic acids is 1. The second-order valence-corrected chi connectivity index (χ2v) is 10.5. The summed E-state index contributed by atoms with van der Waals surface area (Å²) in [6, 6.07) is 7.86. The third kappa shape index (κ3) is 5.34. The predicted octanol–water partition coefficient (Wildman–Crippen LogP) is 4.62. The monoisotopic (exact) mass is 678 g/mol. The first-order valence-corrected chi connectivity index (χ1v) is 13.2. The van der Waals surface area contributed by atoms with Crippen LogP contribution in [0.15, 0.2) is 57.5 Å². The van der Waals surface area contributed by atoms with Crippen LogP contribution in [-0.2, 0) is 9.53 Å². The molecular formula is C25H19ClF3IN2O5S. The number of aromatic nitrogens is 1. The Bertz CT molecular complexity index is 1610.